The van der Waals surface area contributed by atoms with Gasteiger partial charge in [-0.25, -0.2) is 0 Å². The Morgan fingerprint density at radius 2 is 2.19 bits per heavy atom. The first-order chi connectivity index (χ1) is 7.81. The quantitative estimate of drug-likeness (QED) is 0.828. The molecule has 0 unspecified atom stereocenters. The molecule has 1 aromatic carbocycles. The summed E-state index contributed by atoms with van der Waals surface area (Å²) < 4.78 is 5.69. The summed E-state index contributed by atoms with van der Waals surface area (Å²) in [5.74, 6) is 1.78. The Labute approximate surface area is 95.6 Å². The summed E-state index contributed by atoms with van der Waals surface area (Å²) in [5, 5.41) is 1.27. The van der Waals surface area contributed by atoms with Gasteiger partial charge >= 0.3 is 0 Å². The van der Waals surface area contributed by atoms with Gasteiger partial charge in [0.05, 0.1) is 6.61 Å². The average molecular weight is 215 g/mol. The van der Waals surface area contributed by atoms with Gasteiger partial charge in [0.15, 0.2) is 0 Å². The maximum Gasteiger partial charge on any atom is 0.128 e. The molecule has 16 heavy (non-hydrogen) atoms. The molecular weight excluding hydrogens is 198 g/mol. The van der Waals surface area contributed by atoms with Crippen molar-refractivity contribution in [3.05, 3.63) is 29.5 Å². The summed E-state index contributed by atoms with van der Waals surface area (Å²) in [5.41, 5.74) is 4.01. The van der Waals surface area contributed by atoms with Crippen LogP contribution in [-0.2, 0) is 0 Å². The maximum atomic E-state index is 5.69. The van der Waals surface area contributed by atoms with Gasteiger partial charge in [0, 0.05) is 16.6 Å². The van der Waals surface area contributed by atoms with Gasteiger partial charge in [-0.2, -0.15) is 0 Å². The Kier molecular flexibility index (Phi) is 2.16. The number of aryl methyl sites for hydroxylation is 1. The highest BCUT2D eigenvalue weighted by atomic mass is 16.5. The Balaban J connectivity index is 2.20. The van der Waals surface area contributed by atoms with Crippen molar-refractivity contribution in [2.24, 2.45) is 0 Å². The molecule has 0 radical (unpaired) electrons. The molecule has 1 N–H and O–H groups in total. The fraction of sp³-hybridized carbons (Fsp3) is 0.429. The van der Waals surface area contributed by atoms with E-state index in [1.807, 2.05) is 6.92 Å². The smallest absolute Gasteiger partial charge is 0.128 e. The molecule has 2 nitrogen and oxygen atoms in total. The van der Waals surface area contributed by atoms with Gasteiger partial charge in [-0.1, -0.05) is 6.07 Å². The van der Waals surface area contributed by atoms with Crippen LogP contribution in [0.15, 0.2) is 18.2 Å². The second-order valence-corrected chi connectivity index (χ2v) is 4.55. The van der Waals surface area contributed by atoms with Crippen LogP contribution in [0.25, 0.3) is 10.9 Å². The average Bonchev–Trinajstić information content (AvgIpc) is 3.05. The zero-order chi connectivity index (χ0) is 11.1. The number of fused-ring (bicyclic) bond motifs is 1. The third kappa shape index (κ3) is 1.41. The first-order valence-electron chi connectivity index (χ1n) is 6.05. The van der Waals surface area contributed by atoms with Crippen molar-refractivity contribution in [3.63, 3.8) is 0 Å². The van der Waals surface area contributed by atoms with Crippen molar-refractivity contribution in [2.75, 3.05) is 6.61 Å². The molecule has 1 aromatic heterocycles. The lowest BCUT2D eigenvalue weighted by atomic mass is 10.1. The predicted octanol–water partition coefficient (Wildman–Crippen LogP) is 3.75. The minimum atomic E-state index is 0.725. The number of benzene rings is 1. The zero-order valence-corrected chi connectivity index (χ0v) is 9.84. The fourth-order valence-electron chi connectivity index (χ4n) is 2.45. The van der Waals surface area contributed by atoms with E-state index in [2.05, 4.69) is 30.1 Å². The summed E-state index contributed by atoms with van der Waals surface area (Å²) in [6.45, 7) is 4.96. The lowest BCUT2D eigenvalue weighted by Crippen LogP contribution is -1.91. The van der Waals surface area contributed by atoms with Crippen molar-refractivity contribution in [1.29, 1.82) is 0 Å². The van der Waals surface area contributed by atoms with E-state index < -0.39 is 0 Å². The molecule has 1 fully saturated rings. The molecule has 0 aliphatic heterocycles. The first kappa shape index (κ1) is 9.76. The van der Waals surface area contributed by atoms with Crippen molar-refractivity contribution in [1.82, 2.24) is 4.98 Å². The predicted molar refractivity (Wildman–Crippen MR) is 66.2 cm³/mol. The number of aromatic nitrogens is 1. The molecule has 1 saturated carbocycles. The van der Waals surface area contributed by atoms with Gasteiger partial charge in [0.25, 0.3) is 0 Å². The number of hydrogen-bond donors (Lipinski definition) is 1. The van der Waals surface area contributed by atoms with Crippen molar-refractivity contribution >= 4 is 10.9 Å². The summed E-state index contributed by atoms with van der Waals surface area (Å²) in [4.78, 5) is 3.54. The fourth-order valence-corrected chi connectivity index (χ4v) is 2.45. The number of nitrogens with one attached hydrogen (secondary N) is 1. The highest BCUT2D eigenvalue weighted by molar-refractivity contribution is 5.90. The van der Waals surface area contributed by atoms with Crippen LogP contribution in [0, 0.1) is 6.92 Å². The molecule has 1 aliphatic rings. The summed E-state index contributed by atoms with van der Waals surface area (Å²) in [6, 6.07) is 6.25. The van der Waals surface area contributed by atoms with Crippen molar-refractivity contribution < 1.29 is 4.74 Å². The van der Waals surface area contributed by atoms with Crippen molar-refractivity contribution in [2.45, 2.75) is 32.6 Å². The molecule has 1 aliphatic carbocycles. The molecular formula is C14H17NO. The molecule has 84 valence electrons. The number of ether oxygens (including phenoxy) is 1. The van der Waals surface area contributed by atoms with Crippen LogP contribution in [0.2, 0.25) is 0 Å². The van der Waals surface area contributed by atoms with E-state index in [4.69, 9.17) is 4.74 Å². The Hall–Kier alpha value is -1.44. The molecule has 2 heteroatoms. The molecule has 0 spiro atoms. The minimum Gasteiger partial charge on any atom is -0.493 e. The maximum absolute atomic E-state index is 5.69. The normalized spacial score (nSPS) is 15.6. The second-order valence-electron chi connectivity index (χ2n) is 4.55. The number of aromatic amines is 1. The highest BCUT2D eigenvalue weighted by Gasteiger charge is 2.28. The summed E-state index contributed by atoms with van der Waals surface area (Å²) >= 11 is 0. The Bertz CT molecular complexity index is 523. The number of hydrogen-bond acceptors (Lipinski definition) is 1. The van der Waals surface area contributed by atoms with E-state index in [-0.39, 0.29) is 0 Å². The topological polar surface area (TPSA) is 25.0 Å². The van der Waals surface area contributed by atoms with E-state index in [0.717, 1.165) is 18.3 Å². The van der Waals surface area contributed by atoms with Crippen LogP contribution in [0.3, 0.4) is 0 Å². The highest BCUT2D eigenvalue weighted by Crippen LogP contribution is 2.44. The molecule has 1 heterocycles. The van der Waals surface area contributed by atoms with Crippen LogP contribution in [0.5, 0.6) is 5.75 Å². The molecule has 0 bridgehead atoms. The lowest BCUT2D eigenvalue weighted by Gasteiger charge is -2.05. The van der Waals surface area contributed by atoms with Gasteiger partial charge < -0.3 is 9.72 Å². The van der Waals surface area contributed by atoms with E-state index in [0.29, 0.717) is 0 Å². The SMILES string of the molecule is CCOc1cccc2[nH]c(C3CC3)c(C)c12. The molecule has 0 saturated heterocycles. The van der Waals surface area contributed by atoms with Crippen LogP contribution in [0.4, 0.5) is 0 Å². The van der Waals surface area contributed by atoms with Crippen LogP contribution >= 0.6 is 0 Å². The third-order valence-electron chi connectivity index (χ3n) is 3.36. The monoisotopic (exact) mass is 215 g/mol. The van der Waals surface area contributed by atoms with Crippen molar-refractivity contribution in [3.8, 4) is 5.75 Å². The zero-order valence-electron chi connectivity index (χ0n) is 9.84. The molecule has 0 atom stereocenters. The lowest BCUT2D eigenvalue weighted by molar-refractivity contribution is 0.344. The summed E-state index contributed by atoms with van der Waals surface area (Å²) in [6.07, 6.45) is 2.66. The van der Waals surface area contributed by atoms with Crippen LogP contribution < -0.4 is 4.74 Å². The Morgan fingerprint density at radius 1 is 1.38 bits per heavy atom. The van der Waals surface area contributed by atoms with E-state index in [9.17, 15) is 0 Å². The minimum absolute atomic E-state index is 0.725. The molecule has 2 aromatic rings. The van der Waals surface area contributed by atoms with Gasteiger partial charge in [0.1, 0.15) is 5.75 Å². The summed E-state index contributed by atoms with van der Waals surface area (Å²) in [7, 11) is 0. The molecule has 0 amide bonds. The molecule has 3 rings (SSSR count). The van der Waals surface area contributed by atoms with E-state index in [1.165, 1.54) is 35.0 Å². The first-order valence-corrected chi connectivity index (χ1v) is 6.05. The Morgan fingerprint density at radius 3 is 2.88 bits per heavy atom. The van der Waals surface area contributed by atoms with Crippen LogP contribution in [0.1, 0.15) is 36.9 Å². The second kappa shape index (κ2) is 3.55. The third-order valence-corrected chi connectivity index (χ3v) is 3.36. The standard InChI is InChI=1S/C14H17NO/c1-3-16-12-6-4-5-11-13(12)9(2)14(15-11)10-7-8-10/h4-6,10,15H,3,7-8H2,1-2H3. The number of H-pyrrole nitrogens is 1. The van der Waals surface area contributed by atoms with Gasteiger partial charge in [-0.05, 0) is 50.3 Å². The number of rotatable bonds is 3. The van der Waals surface area contributed by atoms with Gasteiger partial charge in [-0.15, -0.1) is 0 Å². The van der Waals surface area contributed by atoms with E-state index in [1.54, 1.807) is 0 Å². The van der Waals surface area contributed by atoms with Crippen LogP contribution in [-0.4, -0.2) is 11.6 Å². The van der Waals surface area contributed by atoms with Gasteiger partial charge in [-0.3, -0.25) is 0 Å². The van der Waals surface area contributed by atoms with Gasteiger partial charge in [0.2, 0.25) is 0 Å². The van der Waals surface area contributed by atoms with E-state index >= 15 is 0 Å². The largest absolute Gasteiger partial charge is 0.493 e.